The van der Waals surface area contributed by atoms with Crippen LogP contribution in [0.3, 0.4) is 0 Å². The molecule has 0 radical (unpaired) electrons. The molecule has 1 N–H and O–H groups in total. The van der Waals surface area contributed by atoms with Crippen LogP contribution < -0.4 is 5.43 Å². The lowest BCUT2D eigenvalue weighted by atomic mass is 9.86. The van der Waals surface area contributed by atoms with Crippen molar-refractivity contribution in [3.63, 3.8) is 0 Å². The van der Waals surface area contributed by atoms with E-state index in [2.05, 4.69) is 74.6 Å². The third-order valence-electron chi connectivity index (χ3n) is 5.13. The molecule has 0 bridgehead atoms. The van der Waals surface area contributed by atoms with E-state index in [0.29, 0.717) is 5.92 Å². The lowest BCUT2D eigenvalue weighted by Gasteiger charge is -2.19. The van der Waals surface area contributed by atoms with Crippen LogP contribution in [0.2, 0.25) is 0 Å². The fourth-order valence-electron chi connectivity index (χ4n) is 3.22. The number of benzene rings is 2. The zero-order valence-electron chi connectivity index (χ0n) is 16.1. The summed E-state index contributed by atoms with van der Waals surface area (Å²) < 4.78 is 0. The zero-order valence-corrected chi connectivity index (χ0v) is 16.1. The van der Waals surface area contributed by atoms with Crippen molar-refractivity contribution in [1.82, 2.24) is 5.43 Å². The quantitative estimate of drug-likeness (QED) is 0.600. The maximum atomic E-state index is 12.3. The Hall–Kier alpha value is -2.42. The van der Waals surface area contributed by atoms with Crippen LogP contribution >= 0.6 is 0 Å². The van der Waals surface area contributed by atoms with Gasteiger partial charge in [-0.05, 0) is 34.4 Å². The molecule has 3 rings (SSSR count). The van der Waals surface area contributed by atoms with E-state index < -0.39 is 0 Å². The lowest BCUT2D eigenvalue weighted by molar-refractivity contribution is -0.122. The van der Waals surface area contributed by atoms with Crippen LogP contribution in [0, 0.1) is 5.92 Å². The Kier molecular flexibility index (Phi) is 5.26. The van der Waals surface area contributed by atoms with Crippen molar-refractivity contribution in [2.45, 2.75) is 51.4 Å². The Balaban J connectivity index is 1.52. The van der Waals surface area contributed by atoms with E-state index in [9.17, 15) is 4.79 Å². The van der Waals surface area contributed by atoms with Crippen LogP contribution in [-0.2, 0) is 10.2 Å². The first-order chi connectivity index (χ1) is 12.4. The van der Waals surface area contributed by atoms with Crippen LogP contribution in [0.1, 0.15) is 62.6 Å². The average Bonchev–Trinajstić information content (AvgIpc) is 3.42. The predicted octanol–water partition coefficient (Wildman–Crippen LogP) is 4.99. The Morgan fingerprint density at radius 2 is 1.77 bits per heavy atom. The molecule has 1 amide bonds. The molecule has 0 aliphatic heterocycles. The number of hydrogen-bond acceptors (Lipinski definition) is 2. The molecule has 1 saturated carbocycles. The van der Waals surface area contributed by atoms with Crippen LogP contribution in [0.25, 0.3) is 0 Å². The largest absolute Gasteiger partial charge is 0.273 e. The van der Waals surface area contributed by atoms with Crippen molar-refractivity contribution >= 4 is 12.1 Å². The smallest absolute Gasteiger partial charge is 0.243 e. The number of carbonyl (C=O) groups is 1. The van der Waals surface area contributed by atoms with Gasteiger partial charge in [0.1, 0.15) is 0 Å². The van der Waals surface area contributed by atoms with Crippen molar-refractivity contribution in [3.8, 4) is 0 Å². The Labute approximate surface area is 156 Å². The van der Waals surface area contributed by atoms with Crippen molar-refractivity contribution in [3.05, 3.63) is 71.3 Å². The van der Waals surface area contributed by atoms with Gasteiger partial charge in [0.25, 0.3) is 0 Å². The molecular formula is C23H28N2O. The summed E-state index contributed by atoms with van der Waals surface area (Å²) in [5.74, 6) is 0.563. The number of hydrogen-bond donors (Lipinski definition) is 1. The van der Waals surface area contributed by atoms with Gasteiger partial charge in [-0.1, -0.05) is 82.3 Å². The number of nitrogens with zero attached hydrogens (tertiary/aromatic N) is 1. The third-order valence-corrected chi connectivity index (χ3v) is 5.13. The molecule has 26 heavy (non-hydrogen) atoms. The molecule has 1 aliphatic rings. The molecule has 0 unspecified atom stereocenters. The first-order valence-electron chi connectivity index (χ1n) is 9.34. The number of amides is 1. The number of carbonyl (C=O) groups excluding carboxylic acids is 1. The van der Waals surface area contributed by atoms with Gasteiger partial charge in [0.2, 0.25) is 5.91 Å². The molecule has 2 aromatic carbocycles. The maximum Gasteiger partial charge on any atom is 0.243 e. The summed E-state index contributed by atoms with van der Waals surface area (Å²) in [6.45, 7) is 8.71. The summed E-state index contributed by atoms with van der Waals surface area (Å²) in [6.07, 6.45) is 2.70. The molecule has 136 valence electrons. The summed E-state index contributed by atoms with van der Waals surface area (Å²) in [7, 11) is 0. The van der Waals surface area contributed by atoms with Gasteiger partial charge in [-0.25, -0.2) is 5.43 Å². The first kappa shape index (κ1) is 18.4. The zero-order chi connectivity index (χ0) is 18.7. The second kappa shape index (κ2) is 7.45. The predicted molar refractivity (Wildman–Crippen MR) is 107 cm³/mol. The van der Waals surface area contributed by atoms with Crippen LogP contribution in [0.4, 0.5) is 0 Å². The van der Waals surface area contributed by atoms with Gasteiger partial charge < -0.3 is 0 Å². The Bertz CT molecular complexity index is 772. The number of hydrazone groups is 1. The molecule has 3 heteroatoms. The summed E-state index contributed by atoms with van der Waals surface area (Å²) >= 11 is 0. The monoisotopic (exact) mass is 348 g/mol. The normalized spacial score (nSPS) is 20.8. The highest BCUT2D eigenvalue weighted by Crippen LogP contribution is 2.47. The van der Waals surface area contributed by atoms with Gasteiger partial charge in [-0.2, -0.15) is 5.10 Å². The summed E-state index contributed by atoms with van der Waals surface area (Å²) in [4.78, 5) is 12.3. The third kappa shape index (κ3) is 4.40. The minimum absolute atomic E-state index is 0.0198. The number of rotatable bonds is 5. The van der Waals surface area contributed by atoms with E-state index in [1.807, 2.05) is 18.2 Å². The van der Waals surface area contributed by atoms with E-state index in [-0.39, 0.29) is 23.2 Å². The fraction of sp³-hybridized carbons (Fsp3) is 0.391. The van der Waals surface area contributed by atoms with E-state index >= 15 is 0 Å². The average molecular weight is 348 g/mol. The van der Waals surface area contributed by atoms with Crippen molar-refractivity contribution in [2.24, 2.45) is 11.0 Å². The second-order valence-electron chi connectivity index (χ2n) is 8.27. The van der Waals surface area contributed by atoms with Gasteiger partial charge >= 0.3 is 0 Å². The minimum Gasteiger partial charge on any atom is -0.273 e. The van der Waals surface area contributed by atoms with Gasteiger partial charge in [0.15, 0.2) is 0 Å². The molecule has 0 saturated heterocycles. The highest BCUT2D eigenvalue weighted by molar-refractivity contribution is 5.83. The SMILES string of the molecule is C[C@H](/C=N\NC(=O)[C@@H]1C[C@H]1c1ccc(C(C)(C)C)cc1)c1ccccc1. The molecule has 3 atom stereocenters. The molecular weight excluding hydrogens is 320 g/mol. The van der Waals surface area contributed by atoms with Crippen molar-refractivity contribution < 1.29 is 4.79 Å². The summed E-state index contributed by atoms with van der Waals surface area (Å²) in [5, 5.41) is 4.16. The van der Waals surface area contributed by atoms with Gasteiger partial charge in [0.05, 0.1) is 0 Å². The van der Waals surface area contributed by atoms with Crippen molar-refractivity contribution in [2.75, 3.05) is 0 Å². The van der Waals surface area contributed by atoms with Gasteiger partial charge in [-0.15, -0.1) is 0 Å². The van der Waals surface area contributed by atoms with E-state index in [4.69, 9.17) is 0 Å². The van der Waals surface area contributed by atoms with Crippen molar-refractivity contribution in [1.29, 1.82) is 0 Å². The summed E-state index contributed by atoms with van der Waals surface area (Å²) in [6, 6.07) is 18.9. The molecule has 0 aromatic heterocycles. The Morgan fingerprint density at radius 1 is 1.12 bits per heavy atom. The van der Waals surface area contributed by atoms with Crippen LogP contribution in [0.15, 0.2) is 59.7 Å². The topological polar surface area (TPSA) is 41.5 Å². The molecule has 1 aliphatic carbocycles. The highest BCUT2D eigenvalue weighted by atomic mass is 16.2. The lowest BCUT2D eigenvalue weighted by Crippen LogP contribution is -2.20. The molecule has 0 spiro atoms. The molecule has 1 fully saturated rings. The Morgan fingerprint density at radius 3 is 2.38 bits per heavy atom. The molecule has 3 nitrogen and oxygen atoms in total. The standard InChI is InChI=1S/C23H28N2O/c1-16(17-8-6-5-7-9-17)15-24-25-22(26)21-14-20(21)18-10-12-19(13-11-18)23(2,3)4/h5-13,15-16,20-21H,14H2,1-4H3,(H,25,26)/b24-15-/t16-,20+,21-/m1/s1. The van der Waals surface area contributed by atoms with Crippen LogP contribution in [0.5, 0.6) is 0 Å². The van der Waals surface area contributed by atoms with E-state index in [1.54, 1.807) is 6.21 Å². The van der Waals surface area contributed by atoms with Gasteiger partial charge in [-0.3, -0.25) is 4.79 Å². The maximum absolute atomic E-state index is 12.3. The molecule has 2 aromatic rings. The first-order valence-corrected chi connectivity index (χ1v) is 9.34. The van der Waals surface area contributed by atoms with E-state index in [1.165, 1.54) is 16.7 Å². The summed E-state index contributed by atoms with van der Waals surface area (Å²) in [5.41, 5.74) is 6.63. The van der Waals surface area contributed by atoms with E-state index in [0.717, 1.165) is 6.42 Å². The molecule has 0 heterocycles. The fourth-order valence-corrected chi connectivity index (χ4v) is 3.22. The van der Waals surface area contributed by atoms with Gasteiger partial charge in [0, 0.05) is 18.1 Å². The highest BCUT2D eigenvalue weighted by Gasteiger charge is 2.44. The minimum atomic E-state index is 0.0198. The second-order valence-corrected chi connectivity index (χ2v) is 8.27. The number of nitrogens with one attached hydrogen (secondary N) is 1. The van der Waals surface area contributed by atoms with Crippen LogP contribution in [-0.4, -0.2) is 12.1 Å².